The molecule has 3 aromatic rings. The van der Waals surface area contributed by atoms with E-state index in [0.29, 0.717) is 28.7 Å². The summed E-state index contributed by atoms with van der Waals surface area (Å²) in [5.41, 5.74) is 6.60. The highest BCUT2D eigenvalue weighted by molar-refractivity contribution is 7.16. The van der Waals surface area contributed by atoms with E-state index >= 15 is 0 Å². The van der Waals surface area contributed by atoms with Crippen LogP contribution in [0.2, 0.25) is 0 Å². The molecular formula is C14H15N5O2S. The van der Waals surface area contributed by atoms with Crippen molar-refractivity contribution in [2.24, 2.45) is 5.73 Å². The smallest absolute Gasteiger partial charge is 0.297 e. The zero-order chi connectivity index (χ0) is 15.5. The summed E-state index contributed by atoms with van der Waals surface area (Å²) in [6, 6.07) is 7.57. The Kier molecular flexibility index (Phi) is 4.12. The minimum Gasteiger partial charge on any atom is -0.494 e. The van der Waals surface area contributed by atoms with Gasteiger partial charge in [0, 0.05) is 13.0 Å². The lowest BCUT2D eigenvalue weighted by molar-refractivity contribution is 0.340. The predicted molar refractivity (Wildman–Crippen MR) is 83.2 cm³/mol. The maximum absolute atomic E-state index is 12.4. The van der Waals surface area contributed by atoms with E-state index in [1.807, 2.05) is 31.2 Å². The Morgan fingerprint density at radius 2 is 2.05 bits per heavy atom. The molecule has 0 bridgehead atoms. The highest BCUT2D eigenvalue weighted by atomic mass is 32.1. The summed E-state index contributed by atoms with van der Waals surface area (Å²) >= 11 is 1.27. The molecule has 1 aromatic carbocycles. The van der Waals surface area contributed by atoms with Crippen molar-refractivity contribution in [1.82, 2.24) is 19.8 Å². The van der Waals surface area contributed by atoms with Crippen LogP contribution < -0.4 is 16.0 Å². The van der Waals surface area contributed by atoms with E-state index in [1.165, 1.54) is 15.9 Å². The number of hydrogen-bond acceptors (Lipinski definition) is 7. The first-order valence-electron chi connectivity index (χ1n) is 6.87. The second-order valence-corrected chi connectivity index (χ2v) is 5.64. The van der Waals surface area contributed by atoms with Crippen molar-refractivity contribution < 1.29 is 4.74 Å². The molecule has 2 N–H and O–H groups in total. The van der Waals surface area contributed by atoms with Gasteiger partial charge in [-0.15, -0.1) is 10.2 Å². The van der Waals surface area contributed by atoms with Crippen LogP contribution in [0.15, 0.2) is 29.1 Å². The molecular weight excluding hydrogens is 302 g/mol. The van der Waals surface area contributed by atoms with E-state index in [4.69, 9.17) is 10.5 Å². The van der Waals surface area contributed by atoms with Crippen LogP contribution in [0.1, 0.15) is 23.2 Å². The van der Waals surface area contributed by atoms with Crippen LogP contribution in [0.25, 0.3) is 4.96 Å². The third kappa shape index (κ3) is 2.83. The van der Waals surface area contributed by atoms with Crippen molar-refractivity contribution in [3.63, 3.8) is 0 Å². The fourth-order valence-electron chi connectivity index (χ4n) is 2.04. The Morgan fingerprint density at radius 1 is 1.27 bits per heavy atom. The molecule has 0 aliphatic rings. The monoisotopic (exact) mass is 317 g/mol. The molecule has 114 valence electrons. The minimum absolute atomic E-state index is 0.255. The lowest BCUT2D eigenvalue weighted by atomic mass is 10.1. The van der Waals surface area contributed by atoms with Crippen LogP contribution in [-0.4, -0.2) is 26.4 Å². The Bertz CT molecular complexity index is 841. The van der Waals surface area contributed by atoms with Gasteiger partial charge in [0.15, 0.2) is 0 Å². The number of aromatic nitrogens is 4. The molecule has 3 rings (SSSR count). The minimum atomic E-state index is -0.255. The summed E-state index contributed by atoms with van der Waals surface area (Å²) in [5, 5.41) is 12.9. The van der Waals surface area contributed by atoms with E-state index in [2.05, 4.69) is 15.3 Å². The van der Waals surface area contributed by atoms with Gasteiger partial charge in [0.25, 0.3) is 5.56 Å². The summed E-state index contributed by atoms with van der Waals surface area (Å²) in [5.74, 6) is 0.802. The summed E-state index contributed by atoms with van der Waals surface area (Å²) in [4.78, 5) is 12.8. The topological polar surface area (TPSA) is 95.4 Å². The fraction of sp³-hybridized carbons (Fsp3) is 0.286. The van der Waals surface area contributed by atoms with Crippen molar-refractivity contribution in [2.45, 2.75) is 19.9 Å². The van der Waals surface area contributed by atoms with Crippen LogP contribution in [0, 0.1) is 0 Å². The van der Waals surface area contributed by atoms with Crippen LogP contribution in [-0.2, 0) is 13.0 Å². The molecule has 2 aromatic heterocycles. The van der Waals surface area contributed by atoms with Gasteiger partial charge in [-0.05, 0) is 24.6 Å². The lowest BCUT2D eigenvalue weighted by Gasteiger charge is -2.04. The quantitative estimate of drug-likeness (QED) is 0.754. The van der Waals surface area contributed by atoms with Gasteiger partial charge >= 0.3 is 0 Å². The summed E-state index contributed by atoms with van der Waals surface area (Å²) in [7, 11) is 0. The number of ether oxygens (including phenoxy) is 1. The van der Waals surface area contributed by atoms with Crippen molar-refractivity contribution in [3.05, 3.63) is 50.9 Å². The average Bonchev–Trinajstić information content (AvgIpc) is 2.96. The summed E-state index contributed by atoms with van der Waals surface area (Å²) in [6.45, 7) is 2.83. The predicted octanol–water partition coefficient (Wildman–Crippen LogP) is 0.994. The first-order chi connectivity index (χ1) is 10.7. The first kappa shape index (κ1) is 14.6. The Morgan fingerprint density at radius 3 is 2.73 bits per heavy atom. The van der Waals surface area contributed by atoms with Crippen LogP contribution in [0.5, 0.6) is 5.75 Å². The van der Waals surface area contributed by atoms with E-state index in [9.17, 15) is 4.79 Å². The molecule has 8 heteroatoms. The van der Waals surface area contributed by atoms with Crippen molar-refractivity contribution in [2.75, 3.05) is 6.61 Å². The Hall–Kier alpha value is -2.32. The maximum Gasteiger partial charge on any atom is 0.297 e. The number of benzene rings is 1. The SMILES string of the molecule is CCOc1ccc(Cc2nnc3sc(CN)nn3c2=O)cc1. The lowest BCUT2D eigenvalue weighted by Crippen LogP contribution is -2.22. The van der Waals surface area contributed by atoms with Gasteiger partial charge in [0.1, 0.15) is 16.5 Å². The molecule has 7 nitrogen and oxygen atoms in total. The highest BCUT2D eigenvalue weighted by Crippen LogP contribution is 2.14. The maximum atomic E-state index is 12.4. The van der Waals surface area contributed by atoms with Crippen molar-refractivity contribution in [1.29, 1.82) is 0 Å². The number of fused-ring (bicyclic) bond motifs is 1. The molecule has 0 fully saturated rings. The molecule has 2 heterocycles. The molecule has 0 saturated heterocycles. The van der Waals surface area contributed by atoms with Gasteiger partial charge in [0.05, 0.1) is 6.61 Å². The van der Waals surface area contributed by atoms with E-state index in [0.717, 1.165) is 11.3 Å². The molecule has 0 unspecified atom stereocenters. The standard InChI is InChI=1S/C14H15N5O2S/c1-2-21-10-5-3-9(4-6-10)7-11-13(20)19-14(17-16-11)22-12(8-15)18-19/h3-6H,2,7-8,15H2,1H3. The third-order valence-electron chi connectivity index (χ3n) is 3.08. The van der Waals surface area contributed by atoms with Gasteiger partial charge in [-0.3, -0.25) is 4.79 Å². The highest BCUT2D eigenvalue weighted by Gasteiger charge is 2.11. The third-order valence-corrected chi connectivity index (χ3v) is 4.00. The fourth-order valence-corrected chi connectivity index (χ4v) is 2.75. The average molecular weight is 317 g/mol. The molecule has 0 radical (unpaired) electrons. The van der Waals surface area contributed by atoms with Crippen molar-refractivity contribution >= 4 is 16.3 Å². The second kappa shape index (κ2) is 6.20. The van der Waals surface area contributed by atoms with Crippen LogP contribution in [0.3, 0.4) is 0 Å². The first-order valence-corrected chi connectivity index (χ1v) is 7.69. The van der Waals surface area contributed by atoms with Crippen LogP contribution in [0.4, 0.5) is 0 Å². The number of nitrogens with zero attached hydrogens (tertiary/aromatic N) is 4. The number of rotatable bonds is 5. The number of hydrogen-bond donors (Lipinski definition) is 1. The van der Waals surface area contributed by atoms with Crippen molar-refractivity contribution in [3.8, 4) is 5.75 Å². The Labute approximate surface area is 130 Å². The largest absolute Gasteiger partial charge is 0.494 e. The Balaban J connectivity index is 1.90. The zero-order valence-electron chi connectivity index (χ0n) is 12.0. The molecule has 0 amide bonds. The summed E-state index contributed by atoms with van der Waals surface area (Å²) < 4.78 is 6.66. The van der Waals surface area contributed by atoms with E-state index < -0.39 is 0 Å². The molecule has 0 aliphatic carbocycles. The molecule has 0 spiro atoms. The second-order valence-electron chi connectivity index (χ2n) is 4.60. The molecule has 0 saturated carbocycles. The molecule has 22 heavy (non-hydrogen) atoms. The molecule has 0 atom stereocenters. The van der Waals surface area contributed by atoms with Gasteiger partial charge in [-0.2, -0.15) is 9.61 Å². The van der Waals surface area contributed by atoms with Gasteiger partial charge in [-0.25, -0.2) is 0 Å². The summed E-state index contributed by atoms with van der Waals surface area (Å²) in [6.07, 6.45) is 0.399. The van der Waals surface area contributed by atoms with E-state index in [-0.39, 0.29) is 12.1 Å². The van der Waals surface area contributed by atoms with E-state index in [1.54, 1.807) is 0 Å². The van der Waals surface area contributed by atoms with Crippen LogP contribution >= 0.6 is 11.3 Å². The van der Waals surface area contributed by atoms with Gasteiger partial charge in [0.2, 0.25) is 4.96 Å². The molecule has 0 aliphatic heterocycles. The van der Waals surface area contributed by atoms with Gasteiger partial charge < -0.3 is 10.5 Å². The zero-order valence-corrected chi connectivity index (χ0v) is 12.8. The van der Waals surface area contributed by atoms with Gasteiger partial charge in [-0.1, -0.05) is 23.5 Å². The number of nitrogens with two attached hydrogens (primary N) is 1. The normalized spacial score (nSPS) is 11.0.